The molecule has 136 valence electrons. The smallest absolute Gasteiger partial charge is 0.242 e. The summed E-state index contributed by atoms with van der Waals surface area (Å²) in [5.74, 6) is 0. The van der Waals surface area contributed by atoms with Gasteiger partial charge in [0.1, 0.15) is 0 Å². The van der Waals surface area contributed by atoms with E-state index in [2.05, 4.69) is 27.3 Å². The molecule has 3 rings (SSSR count). The Morgan fingerprint density at radius 3 is 2.28 bits per heavy atom. The lowest BCUT2D eigenvalue weighted by molar-refractivity contribution is 0.123. The molecule has 0 saturated carbocycles. The van der Waals surface area contributed by atoms with Gasteiger partial charge >= 0.3 is 0 Å². The van der Waals surface area contributed by atoms with Crippen molar-refractivity contribution in [3.05, 3.63) is 52.2 Å². The molecule has 7 heteroatoms. The molecular weight excluding hydrogens is 354 g/mol. The Labute approximate surface area is 154 Å². The van der Waals surface area contributed by atoms with E-state index in [-0.39, 0.29) is 0 Å². The molecule has 0 bridgehead atoms. The van der Waals surface area contributed by atoms with E-state index in [9.17, 15) is 8.42 Å². The number of rotatable bonds is 6. The summed E-state index contributed by atoms with van der Waals surface area (Å²) in [6.45, 7) is 5.94. The predicted octanol–water partition coefficient (Wildman–Crippen LogP) is 2.32. The van der Waals surface area contributed by atoms with Crippen LogP contribution in [0.3, 0.4) is 0 Å². The van der Waals surface area contributed by atoms with Gasteiger partial charge < -0.3 is 0 Å². The van der Waals surface area contributed by atoms with Crippen LogP contribution in [0, 0.1) is 0 Å². The fourth-order valence-corrected chi connectivity index (χ4v) is 4.72. The molecule has 0 radical (unpaired) electrons. The van der Waals surface area contributed by atoms with Crippen LogP contribution in [0.4, 0.5) is 0 Å². The van der Waals surface area contributed by atoms with Gasteiger partial charge in [-0.2, -0.15) is 0 Å². The van der Waals surface area contributed by atoms with Crippen LogP contribution in [0.2, 0.25) is 0 Å². The summed E-state index contributed by atoms with van der Waals surface area (Å²) in [4.78, 5) is 6.66. The third kappa shape index (κ3) is 4.68. The second-order valence-electron chi connectivity index (χ2n) is 6.57. The maximum atomic E-state index is 12.3. The fourth-order valence-electron chi connectivity index (χ4n) is 3.00. The van der Waals surface area contributed by atoms with E-state index in [1.54, 1.807) is 26.2 Å². The molecule has 25 heavy (non-hydrogen) atoms. The van der Waals surface area contributed by atoms with Gasteiger partial charge in [0.15, 0.2) is 0 Å². The Balaban J connectivity index is 1.57. The van der Waals surface area contributed by atoms with Gasteiger partial charge in [-0.3, -0.25) is 9.80 Å². The summed E-state index contributed by atoms with van der Waals surface area (Å²) in [7, 11) is -0.242. The number of benzene rings is 1. The van der Waals surface area contributed by atoms with Crippen molar-refractivity contribution in [2.24, 2.45) is 0 Å². The first-order valence-electron chi connectivity index (χ1n) is 8.44. The molecule has 1 saturated heterocycles. The molecule has 2 aromatic rings. The molecule has 1 aromatic carbocycles. The van der Waals surface area contributed by atoms with E-state index in [1.807, 2.05) is 23.5 Å². The summed E-state index contributed by atoms with van der Waals surface area (Å²) < 4.78 is 25.8. The van der Waals surface area contributed by atoms with Crippen molar-refractivity contribution >= 4 is 21.4 Å². The highest BCUT2D eigenvalue weighted by atomic mass is 32.2. The first kappa shape index (κ1) is 18.5. The molecule has 1 aliphatic rings. The Hall–Kier alpha value is -1.25. The number of hydrogen-bond donors (Lipinski definition) is 0. The number of thiophene rings is 1. The molecule has 0 aliphatic carbocycles. The van der Waals surface area contributed by atoms with Crippen LogP contribution in [0.15, 0.2) is 46.7 Å². The molecule has 2 heterocycles. The molecular formula is C18H25N3O2S2. The molecule has 0 unspecified atom stereocenters. The minimum Gasteiger partial charge on any atom is -0.297 e. The van der Waals surface area contributed by atoms with Crippen molar-refractivity contribution in [1.82, 2.24) is 14.1 Å². The quantitative estimate of drug-likeness (QED) is 0.773. The van der Waals surface area contributed by atoms with Crippen molar-refractivity contribution in [1.29, 1.82) is 0 Å². The highest BCUT2D eigenvalue weighted by Gasteiger charge is 2.20. The molecule has 0 spiro atoms. The molecule has 1 aromatic heterocycles. The van der Waals surface area contributed by atoms with Crippen molar-refractivity contribution < 1.29 is 8.42 Å². The number of nitrogens with zero attached hydrogens (tertiary/aromatic N) is 3. The van der Waals surface area contributed by atoms with E-state index in [4.69, 9.17) is 0 Å². The average molecular weight is 380 g/mol. The van der Waals surface area contributed by atoms with Gasteiger partial charge in [0.25, 0.3) is 0 Å². The third-order valence-electron chi connectivity index (χ3n) is 4.51. The maximum absolute atomic E-state index is 12.3. The summed E-state index contributed by atoms with van der Waals surface area (Å²) in [6.07, 6.45) is 0. The van der Waals surface area contributed by atoms with E-state index >= 15 is 0 Å². The van der Waals surface area contributed by atoms with Crippen LogP contribution in [0.25, 0.3) is 0 Å². The lowest BCUT2D eigenvalue weighted by Crippen LogP contribution is -2.45. The van der Waals surface area contributed by atoms with Crippen molar-refractivity contribution in [3.63, 3.8) is 0 Å². The van der Waals surface area contributed by atoms with Crippen LogP contribution < -0.4 is 0 Å². The summed E-state index contributed by atoms with van der Waals surface area (Å²) in [5.41, 5.74) is 1.05. The molecule has 1 fully saturated rings. The normalized spacial score (nSPS) is 17.2. The zero-order chi connectivity index (χ0) is 17.9. The lowest BCUT2D eigenvalue weighted by atomic mass is 10.2. The van der Waals surface area contributed by atoms with Gasteiger partial charge in [-0.15, -0.1) is 11.3 Å². The molecule has 0 amide bonds. The predicted molar refractivity (Wildman–Crippen MR) is 102 cm³/mol. The minimum atomic E-state index is -3.37. The Morgan fingerprint density at radius 1 is 1.00 bits per heavy atom. The van der Waals surface area contributed by atoms with Gasteiger partial charge in [0.05, 0.1) is 4.90 Å². The van der Waals surface area contributed by atoms with Gasteiger partial charge in [0, 0.05) is 58.2 Å². The van der Waals surface area contributed by atoms with E-state index in [1.165, 1.54) is 9.18 Å². The first-order chi connectivity index (χ1) is 11.9. The van der Waals surface area contributed by atoms with Gasteiger partial charge in [0.2, 0.25) is 10.0 Å². The van der Waals surface area contributed by atoms with E-state index in [0.29, 0.717) is 4.90 Å². The van der Waals surface area contributed by atoms with Gasteiger partial charge in [-0.05, 0) is 29.1 Å². The Morgan fingerprint density at radius 2 is 1.68 bits per heavy atom. The van der Waals surface area contributed by atoms with Crippen LogP contribution in [0.1, 0.15) is 10.4 Å². The van der Waals surface area contributed by atoms with Crippen molar-refractivity contribution in [3.8, 4) is 0 Å². The fraction of sp³-hybridized carbons (Fsp3) is 0.444. The second-order valence-corrected chi connectivity index (χ2v) is 9.75. The number of hydrogen-bond acceptors (Lipinski definition) is 5. The first-order valence-corrected chi connectivity index (χ1v) is 10.8. The third-order valence-corrected chi connectivity index (χ3v) is 7.18. The van der Waals surface area contributed by atoms with Gasteiger partial charge in [-0.1, -0.05) is 18.2 Å². The number of piperazine rings is 1. The van der Waals surface area contributed by atoms with Crippen LogP contribution in [-0.4, -0.2) is 62.8 Å². The van der Waals surface area contributed by atoms with Crippen LogP contribution in [0.5, 0.6) is 0 Å². The topological polar surface area (TPSA) is 43.9 Å². The van der Waals surface area contributed by atoms with E-state index in [0.717, 1.165) is 44.8 Å². The largest absolute Gasteiger partial charge is 0.297 e. The summed E-state index contributed by atoms with van der Waals surface area (Å²) >= 11 is 1.81. The molecule has 1 aliphatic heterocycles. The highest BCUT2D eigenvalue weighted by molar-refractivity contribution is 7.89. The summed E-state index contributed by atoms with van der Waals surface area (Å²) in [6, 6.07) is 11.6. The highest BCUT2D eigenvalue weighted by Crippen LogP contribution is 2.18. The standard InChI is InChI=1S/C18H25N3O2S2/c1-19(2)25(22,23)18-7-3-5-16(13-18)14-20-8-10-21(11-9-20)15-17-6-4-12-24-17/h3-7,12-13H,8-11,14-15H2,1-2H3. The average Bonchev–Trinajstić information content (AvgIpc) is 3.10. The van der Waals surface area contributed by atoms with Crippen molar-refractivity contribution in [2.75, 3.05) is 40.3 Å². The van der Waals surface area contributed by atoms with Crippen molar-refractivity contribution in [2.45, 2.75) is 18.0 Å². The van der Waals surface area contributed by atoms with E-state index < -0.39 is 10.0 Å². The van der Waals surface area contributed by atoms with Crippen LogP contribution in [-0.2, 0) is 23.1 Å². The lowest BCUT2D eigenvalue weighted by Gasteiger charge is -2.34. The zero-order valence-corrected chi connectivity index (χ0v) is 16.4. The molecule has 0 N–H and O–H groups in total. The SMILES string of the molecule is CN(C)S(=O)(=O)c1cccc(CN2CCN(Cc3cccs3)CC2)c1. The Kier molecular flexibility index (Phi) is 5.91. The minimum absolute atomic E-state index is 0.367. The number of sulfonamides is 1. The monoisotopic (exact) mass is 379 g/mol. The Bertz CT molecular complexity index is 780. The molecule has 0 atom stereocenters. The summed E-state index contributed by atoms with van der Waals surface area (Å²) in [5, 5.41) is 2.13. The maximum Gasteiger partial charge on any atom is 0.242 e. The second kappa shape index (κ2) is 7.97. The van der Waals surface area contributed by atoms with Crippen LogP contribution >= 0.6 is 11.3 Å². The van der Waals surface area contributed by atoms with Gasteiger partial charge in [-0.25, -0.2) is 12.7 Å². The molecule has 5 nitrogen and oxygen atoms in total. The zero-order valence-electron chi connectivity index (χ0n) is 14.8.